The normalized spacial score (nSPS) is 29.3. The first-order valence-electron chi connectivity index (χ1n) is 14.5. The summed E-state index contributed by atoms with van der Waals surface area (Å²) >= 11 is 0. The van der Waals surface area contributed by atoms with Crippen LogP contribution in [0.2, 0.25) is 0 Å². The Balaban J connectivity index is 1.73. The molecule has 1 aromatic rings. The molecule has 1 heterocycles. The first-order valence-corrected chi connectivity index (χ1v) is 14.5. The molecule has 3 aliphatic carbocycles. The second-order valence-corrected chi connectivity index (χ2v) is 11.8. The fraction of sp³-hybridized carbons (Fsp3) is 0.786. The maximum absolute atomic E-state index is 13.8. The molecule has 0 bridgehead atoms. The van der Waals surface area contributed by atoms with Crippen molar-refractivity contribution in [3.05, 3.63) is 31.5 Å². The quantitative estimate of drug-likeness (QED) is 0.337. The zero-order chi connectivity index (χ0) is 28.6. The van der Waals surface area contributed by atoms with E-state index in [-0.39, 0.29) is 49.0 Å². The van der Waals surface area contributed by atoms with Gasteiger partial charge in [-0.25, -0.2) is 57.4 Å². The third-order valence-electron chi connectivity index (χ3n) is 9.21. The van der Waals surface area contributed by atoms with Crippen molar-refractivity contribution in [1.29, 1.82) is 0 Å². The fourth-order valence-electron chi connectivity index (χ4n) is 7.11. The van der Waals surface area contributed by atoms with Crippen LogP contribution in [0, 0.1) is 17.8 Å². The zero-order valence-corrected chi connectivity index (χ0v) is 23.1. The van der Waals surface area contributed by atoms with Crippen molar-refractivity contribution < 1.29 is 14.4 Å². The summed E-state index contributed by atoms with van der Waals surface area (Å²) in [7, 11) is 0. The standard InChI is InChI=1S/C28H38N6O6/c1-19(22-7-4-10-25(13-22)31-18-37)34-27(39)32(14-20-5-2-8-23(11-20)29-16-35)26(38)33(28(34)40)15-21-6-3-9-24(12-21)30-17-36/h19-25H,2-15H2,1H3. The Morgan fingerprint density at radius 1 is 0.650 bits per heavy atom. The molecule has 3 aliphatic rings. The molecule has 7 atom stereocenters. The highest BCUT2D eigenvalue weighted by Gasteiger charge is 2.32. The largest absolute Gasteiger partial charge is 0.336 e. The number of nitrogens with zero attached hydrogens (tertiary/aromatic N) is 6. The lowest BCUT2D eigenvalue weighted by molar-refractivity contribution is 0.213. The van der Waals surface area contributed by atoms with Gasteiger partial charge >= 0.3 is 17.1 Å². The summed E-state index contributed by atoms with van der Waals surface area (Å²) in [5.41, 5.74) is -1.90. The topological polar surface area (TPSA) is 154 Å². The minimum atomic E-state index is -0.632. The summed E-state index contributed by atoms with van der Waals surface area (Å²) in [6.07, 6.45) is 13.7. The van der Waals surface area contributed by atoms with E-state index in [9.17, 15) is 28.8 Å². The monoisotopic (exact) mass is 554 g/mol. The Bertz CT molecular complexity index is 1300. The zero-order valence-electron chi connectivity index (χ0n) is 23.1. The summed E-state index contributed by atoms with van der Waals surface area (Å²) in [6, 6.07) is -1.07. The SMILES string of the molecule is CC(C1CCCC(N=C=O)C1)n1c(=O)n(CC2CCCC(N=C=O)C2)c(=O)n(CC2CCCC(N=C=O)C2)c1=O. The van der Waals surface area contributed by atoms with Gasteiger partial charge in [-0.2, -0.15) is 0 Å². The van der Waals surface area contributed by atoms with E-state index in [1.807, 2.05) is 6.92 Å². The van der Waals surface area contributed by atoms with Crippen LogP contribution in [0.5, 0.6) is 0 Å². The Morgan fingerprint density at radius 2 is 1.07 bits per heavy atom. The Kier molecular flexibility index (Phi) is 10.2. The molecule has 3 saturated carbocycles. The number of aliphatic imine (C=N–C) groups is 3. The predicted molar refractivity (Wildman–Crippen MR) is 146 cm³/mol. The summed E-state index contributed by atoms with van der Waals surface area (Å²) in [6.45, 7) is 2.10. The summed E-state index contributed by atoms with van der Waals surface area (Å²) < 4.78 is 3.58. The molecular weight excluding hydrogens is 516 g/mol. The number of hydrogen-bond donors (Lipinski definition) is 0. The van der Waals surface area contributed by atoms with Gasteiger partial charge in [0.05, 0.1) is 18.1 Å². The summed E-state index contributed by atoms with van der Waals surface area (Å²) in [5.74, 6) is -0.154. The average Bonchev–Trinajstić information content (AvgIpc) is 2.95. The molecule has 4 rings (SSSR count). The highest BCUT2D eigenvalue weighted by molar-refractivity contribution is 5.34. The van der Waals surface area contributed by atoms with Crippen LogP contribution in [0.3, 0.4) is 0 Å². The van der Waals surface area contributed by atoms with Crippen LogP contribution < -0.4 is 17.1 Å². The maximum Gasteiger partial charge on any atom is 0.336 e. The summed E-state index contributed by atoms with van der Waals surface area (Å²) in [4.78, 5) is 85.6. The Morgan fingerprint density at radius 3 is 1.52 bits per heavy atom. The van der Waals surface area contributed by atoms with Crippen LogP contribution in [-0.4, -0.2) is 50.1 Å². The van der Waals surface area contributed by atoms with E-state index in [1.165, 1.54) is 13.7 Å². The Hall–Kier alpha value is -3.45. The molecule has 1 aromatic heterocycles. The van der Waals surface area contributed by atoms with Gasteiger partial charge in [0.25, 0.3) is 0 Å². The van der Waals surface area contributed by atoms with E-state index < -0.39 is 23.1 Å². The van der Waals surface area contributed by atoms with Gasteiger partial charge in [-0.3, -0.25) is 0 Å². The fourth-order valence-corrected chi connectivity index (χ4v) is 7.11. The number of isocyanates is 3. The first-order chi connectivity index (χ1) is 19.4. The first kappa shape index (κ1) is 29.5. The highest BCUT2D eigenvalue weighted by Crippen LogP contribution is 2.33. The molecular formula is C28H38N6O6. The van der Waals surface area contributed by atoms with Crippen molar-refractivity contribution >= 4 is 18.2 Å². The van der Waals surface area contributed by atoms with Gasteiger partial charge in [0.1, 0.15) is 0 Å². The van der Waals surface area contributed by atoms with Crippen molar-refractivity contribution in [3.63, 3.8) is 0 Å². The van der Waals surface area contributed by atoms with Gasteiger partial charge in [0.15, 0.2) is 0 Å². The van der Waals surface area contributed by atoms with Crippen LogP contribution in [0.1, 0.15) is 90.0 Å². The predicted octanol–water partition coefficient (Wildman–Crippen LogP) is 2.42. The van der Waals surface area contributed by atoms with Crippen molar-refractivity contribution in [2.75, 3.05) is 0 Å². The second-order valence-electron chi connectivity index (χ2n) is 11.8. The molecule has 0 saturated heterocycles. The molecule has 12 heteroatoms. The molecule has 0 amide bonds. The number of aromatic nitrogens is 3. The molecule has 0 aliphatic heterocycles. The molecule has 7 unspecified atom stereocenters. The molecule has 0 radical (unpaired) electrons. The molecule has 0 spiro atoms. The van der Waals surface area contributed by atoms with Crippen molar-refractivity contribution in [1.82, 2.24) is 13.7 Å². The van der Waals surface area contributed by atoms with Gasteiger partial charge in [-0.1, -0.05) is 19.3 Å². The molecule has 216 valence electrons. The van der Waals surface area contributed by atoms with Crippen molar-refractivity contribution in [3.8, 4) is 0 Å². The van der Waals surface area contributed by atoms with Gasteiger partial charge in [0.2, 0.25) is 18.2 Å². The van der Waals surface area contributed by atoms with E-state index in [0.717, 1.165) is 57.8 Å². The number of rotatable bonds is 9. The van der Waals surface area contributed by atoms with E-state index in [1.54, 1.807) is 18.2 Å². The minimum absolute atomic E-state index is 0.0436. The molecule has 40 heavy (non-hydrogen) atoms. The van der Waals surface area contributed by atoms with Crippen LogP contribution in [0.25, 0.3) is 0 Å². The van der Waals surface area contributed by atoms with E-state index in [0.29, 0.717) is 19.3 Å². The molecule has 0 N–H and O–H groups in total. The lowest BCUT2D eigenvalue weighted by atomic mass is 9.82. The lowest BCUT2D eigenvalue weighted by Crippen LogP contribution is -2.57. The van der Waals surface area contributed by atoms with Gasteiger partial charge < -0.3 is 0 Å². The van der Waals surface area contributed by atoms with Crippen molar-refractivity contribution in [2.45, 2.75) is 121 Å². The summed E-state index contributed by atoms with van der Waals surface area (Å²) in [5, 5.41) is 0. The third kappa shape index (κ3) is 6.81. The average molecular weight is 555 g/mol. The van der Waals surface area contributed by atoms with Crippen molar-refractivity contribution in [2.24, 2.45) is 32.7 Å². The lowest BCUT2D eigenvalue weighted by Gasteiger charge is -2.32. The van der Waals surface area contributed by atoms with Crippen LogP contribution in [-0.2, 0) is 27.5 Å². The van der Waals surface area contributed by atoms with Gasteiger partial charge in [-0.15, -0.1) is 0 Å². The van der Waals surface area contributed by atoms with Crippen LogP contribution in [0.15, 0.2) is 29.4 Å². The Labute approximate surface area is 231 Å². The van der Waals surface area contributed by atoms with Crippen LogP contribution in [0.4, 0.5) is 0 Å². The second kappa shape index (κ2) is 13.8. The van der Waals surface area contributed by atoms with Gasteiger partial charge in [0, 0.05) is 19.1 Å². The van der Waals surface area contributed by atoms with E-state index in [4.69, 9.17) is 0 Å². The maximum atomic E-state index is 13.8. The number of hydrogen-bond acceptors (Lipinski definition) is 9. The van der Waals surface area contributed by atoms with E-state index >= 15 is 0 Å². The smallest absolute Gasteiger partial charge is 0.247 e. The highest BCUT2D eigenvalue weighted by atomic mass is 16.2. The third-order valence-corrected chi connectivity index (χ3v) is 9.21. The van der Waals surface area contributed by atoms with Crippen LogP contribution >= 0.6 is 0 Å². The van der Waals surface area contributed by atoms with Gasteiger partial charge in [-0.05, 0) is 82.5 Å². The molecule has 0 aromatic carbocycles. The van der Waals surface area contributed by atoms with E-state index in [2.05, 4.69) is 15.0 Å². The molecule has 3 fully saturated rings. The number of carbonyl (C=O) groups excluding carboxylic acids is 3. The molecule has 12 nitrogen and oxygen atoms in total. The minimum Gasteiger partial charge on any atom is -0.247 e.